The van der Waals surface area contributed by atoms with Crippen LogP contribution in [0.15, 0.2) is 36.5 Å². The van der Waals surface area contributed by atoms with Crippen molar-refractivity contribution in [1.82, 2.24) is 9.97 Å². The van der Waals surface area contributed by atoms with E-state index in [1.165, 1.54) is 6.92 Å². The van der Waals surface area contributed by atoms with Gasteiger partial charge in [-0.05, 0) is 50.1 Å². The molecule has 130 valence electrons. The molecule has 2 heterocycles. The Morgan fingerprint density at radius 3 is 2.44 bits per heavy atom. The minimum Gasteiger partial charge on any atom is -0.481 e. The molecule has 0 radical (unpaired) electrons. The van der Waals surface area contributed by atoms with Crippen LogP contribution in [0.4, 0.5) is 17.5 Å². The number of Topliss-reactive ketones (excluding diaryl/α,β-unsaturated/α-hetero) is 1. The number of carboxylic acid groups (broad SMARTS) is 1. The number of rotatable bonds is 5. The minimum absolute atomic E-state index is 0.0227. The van der Waals surface area contributed by atoms with Crippen molar-refractivity contribution >= 4 is 29.2 Å². The number of ketones is 1. The zero-order valence-corrected chi connectivity index (χ0v) is 14.0. The second-order valence-electron chi connectivity index (χ2n) is 6.10. The second-order valence-corrected chi connectivity index (χ2v) is 6.10. The van der Waals surface area contributed by atoms with Crippen molar-refractivity contribution in [3.8, 4) is 0 Å². The molecule has 0 spiro atoms. The number of benzene rings is 1. The molecule has 2 aromatic rings. The van der Waals surface area contributed by atoms with Gasteiger partial charge in [0.15, 0.2) is 5.78 Å². The summed E-state index contributed by atoms with van der Waals surface area (Å²) >= 11 is 0. The van der Waals surface area contributed by atoms with Gasteiger partial charge < -0.3 is 15.3 Å². The topological polar surface area (TPSA) is 95.4 Å². The lowest BCUT2D eigenvalue weighted by Crippen LogP contribution is -2.36. The van der Waals surface area contributed by atoms with E-state index in [1.54, 1.807) is 18.3 Å². The van der Waals surface area contributed by atoms with Crippen LogP contribution in [0.1, 0.15) is 30.1 Å². The molecule has 1 fully saturated rings. The fourth-order valence-corrected chi connectivity index (χ4v) is 2.86. The predicted octanol–water partition coefficient (Wildman–Crippen LogP) is 2.72. The predicted molar refractivity (Wildman–Crippen MR) is 94.3 cm³/mol. The lowest BCUT2D eigenvalue weighted by atomic mass is 9.97. The number of piperidine rings is 1. The van der Waals surface area contributed by atoms with Gasteiger partial charge in [-0.15, -0.1) is 0 Å². The number of carbonyl (C=O) groups is 2. The van der Waals surface area contributed by atoms with Crippen molar-refractivity contribution < 1.29 is 14.7 Å². The van der Waals surface area contributed by atoms with Crippen LogP contribution in [-0.4, -0.2) is 39.9 Å². The average Bonchev–Trinajstić information content (AvgIpc) is 2.62. The lowest BCUT2D eigenvalue weighted by Gasteiger charge is -2.31. The Morgan fingerprint density at radius 1 is 1.16 bits per heavy atom. The SMILES string of the molecule is CC(=O)c1ccc(Nc2nccc(N3CCC(C(=O)O)CC3)n2)cc1. The van der Waals surface area contributed by atoms with Crippen LogP contribution in [-0.2, 0) is 4.79 Å². The molecule has 3 rings (SSSR count). The van der Waals surface area contributed by atoms with Gasteiger partial charge in [-0.2, -0.15) is 4.98 Å². The Kier molecular flexibility index (Phi) is 4.92. The Bertz CT molecular complexity index is 768. The number of carbonyl (C=O) groups excluding carboxylic acids is 1. The van der Waals surface area contributed by atoms with Crippen LogP contribution in [0.25, 0.3) is 0 Å². The molecule has 1 aliphatic rings. The zero-order chi connectivity index (χ0) is 17.8. The first-order valence-electron chi connectivity index (χ1n) is 8.22. The van der Waals surface area contributed by atoms with E-state index in [-0.39, 0.29) is 11.7 Å². The standard InChI is InChI=1S/C18H20N4O3/c1-12(23)13-2-4-15(5-3-13)20-18-19-9-6-16(21-18)22-10-7-14(8-11-22)17(24)25/h2-6,9,14H,7-8,10-11H2,1H3,(H,24,25)(H,19,20,21). The lowest BCUT2D eigenvalue weighted by molar-refractivity contribution is -0.142. The molecule has 0 aliphatic carbocycles. The fourth-order valence-electron chi connectivity index (χ4n) is 2.86. The largest absolute Gasteiger partial charge is 0.481 e. The Morgan fingerprint density at radius 2 is 1.84 bits per heavy atom. The van der Waals surface area contributed by atoms with Crippen LogP contribution in [0.3, 0.4) is 0 Å². The van der Waals surface area contributed by atoms with Crippen molar-refractivity contribution in [2.45, 2.75) is 19.8 Å². The van der Waals surface area contributed by atoms with Crippen LogP contribution in [0.5, 0.6) is 0 Å². The molecule has 1 aromatic heterocycles. The molecule has 0 unspecified atom stereocenters. The molecule has 1 aromatic carbocycles. The van der Waals surface area contributed by atoms with E-state index < -0.39 is 5.97 Å². The summed E-state index contributed by atoms with van der Waals surface area (Å²) in [5, 5.41) is 12.2. The van der Waals surface area contributed by atoms with Crippen LogP contribution < -0.4 is 10.2 Å². The number of nitrogens with zero attached hydrogens (tertiary/aromatic N) is 3. The average molecular weight is 340 g/mol. The summed E-state index contributed by atoms with van der Waals surface area (Å²) in [5.41, 5.74) is 1.45. The van der Waals surface area contributed by atoms with Crippen molar-refractivity contribution in [1.29, 1.82) is 0 Å². The van der Waals surface area contributed by atoms with Crippen LogP contribution in [0.2, 0.25) is 0 Å². The quantitative estimate of drug-likeness (QED) is 0.808. The number of hydrogen-bond acceptors (Lipinski definition) is 6. The third-order valence-corrected chi connectivity index (χ3v) is 4.36. The second kappa shape index (κ2) is 7.29. The highest BCUT2D eigenvalue weighted by molar-refractivity contribution is 5.94. The van der Waals surface area contributed by atoms with Crippen molar-refractivity contribution in [3.63, 3.8) is 0 Å². The fraction of sp³-hybridized carbons (Fsp3) is 0.333. The van der Waals surface area contributed by atoms with Gasteiger partial charge in [0.25, 0.3) is 0 Å². The Labute approximate surface area is 145 Å². The Balaban J connectivity index is 1.67. The number of carboxylic acids is 1. The molecule has 0 saturated carbocycles. The van der Waals surface area contributed by atoms with E-state index in [0.717, 1.165) is 11.5 Å². The number of hydrogen-bond donors (Lipinski definition) is 2. The summed E-state index contributed by atoms with van der Waals surface area (Å²) in [7, 11) is 0. The first-order valence-corrected chi connectivity index (χ1v) is 8.22. The zero-order valence-electron chi connectivity index (χ0n) is 14.0. The van der Waals surface area contributed by atoms with Gasteiger partial charge in [0.05, 0.1) is 5.92 Å². The van der Waals surface area contributed by atoms with E-state index in [4.69, 9.17) is 5.11 Å². The third-order valence-electron chi connectivity index (χ3n) is 4.36. The van der Waals surface area contributed by atoms with Gasteiger partial charge in [-0.1, -0.05) is 0 Å². The van der Waals surface area contributed by atoms with E-state index in [0.29, 0.717) is 37.4 Å². The molecule has 7 heteroatoms. The molecule has 1 aliphatic heterocycles. The van der Waals surface area contributed by atoms with Crippen molar-refractivity contribution in [2.75, 3.05) is 23.3 Å². The van der Waals surface area contributed by atoms with Crippen molar-refractivity contribution in [2.24, 2.45) is 5.92 Å². The van der Waals surface area contributed by atoms with Gasteiger partial charge in [-0.3, -0.25) is 9.59 Å². The smallest absolute Gasteiger partial charge is 0.306 e. The van der Waals surface area contributed by atoms with Gasteiger partial charge in [0.2, 0.25) is 5.95 Å². The van der Waals surface area contributed by atoms with E-state index in [1.807, 2.05) is 18.2 Å². The van der Waals surface area contributed by atoms with E-state index in [2.05, 4.69) is 20.2 Å². The van der Waals surface area contributed by atoms with Crippen LogP contribution >= 0.6 is 0 Å². The molecule has 0 amide bonds. The van der Waals surface area contributed by atoms with E-state index in [9.17, 15) is 9.59 Å². The highest BCUT2D eigenvalue weighted by Crippen LogP contribution is 2.23. The molecular weight excluding hydrogens is 320 g/mol. The first kappa shape index (κ1) is 16.9. The van der Waals surface area contributed by atoms with Gasteiger partial charge in [0, 0.05) is 30.5 Å². The normalized spacial score (nSPS) is 15.0. The molecule has 1 saturated heterocycles. The summed E-state index contributed by atoms with van der Waals surface area (Å²) in [4.78, 5) is 33.2. The minimum atomic E-state index is -0.723. The maximum atomic E-state index is 11.3. The van der Waals surface area contributed by atoms with E-state index >= 15 is 0 Å². The maximum absolute atomic E-state index is 11.3. The molecule has 7 nitrogen and oxygen atoms in total. The molecule has 0 atom stereocenters. The maximum Gasteiger partial charge on any atom is 0.306 e. The Hall–Kier alpha value is -2.96. The van der Waals surface area contributed by atoms with Crippen molar-refractivity contribution in [3.05, 3.63) is 42.1 Å². The highest BCUT2D eigenvalue weighted by Gasteiger charge is 2.25. The summed E-state index contributed by atoms with van der Waals surface area (Å²) < 4.78 is 0. The summed E-state index contributed by atoms with van der Waals surface area (Å²) in [6.07, 6.45) is 2.92. The summed E-state index contributed by atoms with van der Waals surface area (Å²) in [6.45, 7) is 2.87. The first-order chi connectivity index (χ1) is 12.0. The number of anilines is 3. The number of aliphatic carboxylic acids is 1. The molecular formula is C18H20N4O3. The summed E-state index contributed by atoms with van der Waals surface area (Å²) in [6, 6.07) is 8.96. The van der Waals surface area contributed by atoms with Gasteiger partial charge in [0.1, 0.15) is 5.82 Å². The molecule has 25 heavy (non-hydrogen) atoms. The van der Waals surface area contributed by atoms with Gasteiger partial charge >= 0.3 is 5.97 Å². The van der Waals surface area contributed by atoms with Gasteiger partial charge in [-0.25, -0.2) is 4.98 Å². The highest BCUT2D eigenvalue weighted by atomic mass is 16.4. The third kappa shape index (κ3) is 4.12. The number of nitrogens with one attached hydrogen (secondary N) is 1. The number of aromatic nitrogens is 2. The molecule has 0 bridgehead atoms. The summed E-state index contributed by atoms with van der Waals surface area (Å²) in [5.74, 6) is 0.277. The molecule has 2 N–H and O–H groups in total. The van der Waals surface area contributed by atoms with Crippen LogP contribution in [0, 0.1) is 5.92 Å². The monoisotopic (exact) mass is 340 g/mol.